The SMILES string of the molecule is C=C/C=C(\c1oc2c(-c3ccc(C4(c5ccccc5)c5ccccc5-c5ccccc54)cc3)cccc2c1C)C1CCCCC1. The van der Waals surface area contributed by atoms with Gasteiger partial charge in [-0.1, -0.05) is 159 Å². The fraction of sp³-hybridized carbons (Fsp3) is 0.182. The van der Waals surface area contributed by atoms with E-state index in [1.54, 1.807) is 0 Å². The molecule has 220 valence electrons. The van der Waals surface area contributed by atoms with E-state index in [2.05, 4.69) is 141 Å². The lowest BCUT2D eigenvalue weighted by atomic mass is 9.67. The zero-order chi connectivity index (χ0) is 30.4. The number of hydrogen-bond acceptors (Lipinski definition) is 1. The molecule has 0 atom stereocenters. The summed E-state index contributed by atoms with van der Waals surface area (Å²) in [4.78, 5) is 0. The first-order chi connectivity index (χ1) is 22.2. The summed E-state index contributed by atoms with van der Waals surface area (Å²) in [5, 5.41) is 1.19. The van der Waals surface area contributed by atoms with Gasteiger partial charge in [0.1, 0.15) is 11.3 Å². The number of para-hydroxylation sites is 1. The number of aryl methyl sites for hydroxylation is 1. The van der Waals surface area contributed by atoms with Crippen LogP contribution in [0.4, 0.5) is 0 Å². The van der Waals surface area contributed by atoms with Crippen molar-refractivity contribution in [2.45, 2.75) is 44.4 Å². The molecule has 1 nitrogen and oxygen atoms in total. The van der Waals surface area contributed by atoms with Crippen molar-refractivity contribution in [3.63, 3.8) is 0 Å². The molecule has 0 unspecified atom stereocenters. The zero-order valence-electron chi connectivity index (χ0n) is 25.9. The van der Waals surface area contributed by atoms with Crippen LogP contribution in [0.5, 0.6) is 0 Å². The highest BCUT2D eigenvalue weighted by molar-refractivity contribution is 5.97. The topological polar surface area (TPSA) is 13.1 Å². The molecule has 0 N–H and O–H groups in total. The van der Waals surface area contributed by atoms with E-state index in [9.17, 15) is 0 Å². The van der Waals surface area contributed by atoms with E-state index >= 15 is 0 Å². The van der Waals surface area contributed by atoms with Gasteiger partial charge in [-0.15, -0.1) is 0 Å². The Hall–Kier alpha value is -4.88. The van der Waals surface area contributed by atoms with Crippen molar-refractivity contribution in [1.82, 2.24) is 0 Å². The van der Waals surface area contributed by atoms with Gasteiger partial charge in [0.2, 0.25) is 0 Å². The molecule has 0 spiro atoms. The first-order valence-electron chi connectivity index (χ1n) is 16.4. The van der Waals surface area contributed by atoms with Gasteiger partial charge in [0.15, 0.2) is 0 Å². The molecule has 0 saturated heterocycles. The Morgan fingerprint density at radius 3 is 1.93 bits per heavy atom. The van der Waals surface area contributed by atoms with Crippen LogP contribution in [-0.4, -0.2) is 0 Å². The molecule has 0 amide bonds. The standard InChI is InChI=1S/C44H38O/c1-3-15-36(31-16-6-4-7-17-31)42-30(2)35-22-14-23-37(43(35)45-42)32-26-28-34(29-27-32)44(33-18-8-5-9-19-33)40-24-12-10-20-38(40)39-21-11-13-25-41(39)44/h3,5,8-15,18-29,31H,1,4,6-7,16-17H2,2H3/b36-15-. The summed E-state index contributed by atoms with van der Waals surface area (Å²) in [5.41, 5.74) is 13.3. The van der Waals surface area contributed by atoms with E-state index in [-0.39, 0.29) is 0 Å². The molecule has 6 aromatic rings. The van der Waals surface area contributed by atoms with Gasteiger partial charge >= 0.3 is 0 Å². The molecule has 1 heteroatoms. The molecule has 1 heterocycles. The normalized spacial score (nSPS) is 16.0. The Kier molecular flexibility index (Phi) is 6.91. The Labute approximate surface area is 266 Å². The Morgan fingerprint density at radius 2 is 1.27 bits per heavy atom. The molecule has 0 aliphatic heterocycles. The molecule has 8 rings (SSSR count). The second kappa shape index (κ2) is 11.2. The van der Waals surface area contributed by atoms with E-state index in [0.29, 0.717) is 5.92 Å². The molecule has 0 bridgehead atoms. The highest BCUT2D eigenvalue weighted by Gasteiger charge is 2.45. The first-order valence-corrected chi connectivity index (χ1v) is 16.4. The van der Waals surface area contributed by atoms with Gasteiger partial charge in [-0.2, -0.15) is 0 Å². The minimum Gasteiger partial charge on any atom is -0.455 e. The maximum atomic E-state index is 6.85. The van der Waals surface area contributed by atoms with Gasteiger partial charge in [-0.3, -0.25) is 0 Å². The van der Waals surface area contributed by atoms with Crippen molar-refractivity contribution in [1.29, 1.82) is 0 Å². The minimum absolute atomic E-state index is 0.391. The molecule has 5 aromatic carbocycles. The maximum absolute atomic E-state index is 6.85. The van der Waals surface area contributed by atoms with E-state index in [1.165, 1.54) is 87.6 Å². The smallest absolute Gasteiger partial charge is 0.142 e. The fourth-order valence-electron chi connectivity index (χ4n) is 8.30. The Bertz CT molecular complexity index is 2000. The summed E-state index contributed by atoms with van der Waals surface area (Å²) in [6, 6.07) is 44.7. The van der Waals surface area contributed by atoms with Crippen LogP contribution in [0, 0.1) is 12.8 Å². The molecule has 2 aliphatic rings. The van der Waals surface area contributed by atoms with Gasteiger partial charge < -0.3 is 4.42 Å². The molecule has 0 radical (unpaired) electrons. The minimum atomic E-state index is -0.391. The molecular weight excluding hydrogens is 544 g/mol. The molecule has 1 fully saturated rings. The van der Waals surface area contributed by atoms with Crippen LogP contribution in [0.25, 0.3) is 38.8 Å². The fourth-order valence-corrected chi connectivity index (χ4v) is 8.30. The predicted octanol–water partition coefficient (Wildman–Crippen LogP) is 11.9. The third-order valence-electron chi connectivity index (χ3n) is 10.4. The Morgan fingerprint density at radius 1 is 0.667 bits per heavy atom. The lowest BCUT2D eigenvalue weighted by Crippen LogP contribution is -2.28. The van der Waals surface area contributed by atoms with Gasteiger partial charge in [0.05, 0.1) is 5.41 Å². The van der Waals surface area contributed by atoms with Crippen molar-refractivity contribution in [2.24, 2.45) is 5.92 Å². The summed E-state index contributed by atoms with van der Waals surface area (Å²) in [6.45, 7) is 6.26. The van der Waals surface area contributed by atoms with Gasteiger partial charge in [-0.05, 0) is 70.2 Å². The highest BCUT2D eigenvalue weighted by atomic mass is 16.3. The van der Waals surface area contributed by atoms with Gasteiger partial charge in [-0.25, -0.2) is 0 Å². The molecule has 1 saturated carbocycles. The third-order valence-corrected chi connectivity index (χ3v) is 10.4. The van der Waals surface area contributed by atoms with Crippen LogP contribution in [-0.2, 0) is 5.41 Å². The number of hydrogen-bond donors (Lipinski definition) is 0. The number of allylic oxidation sites excluding steroid dienone is 3. The van der Waals surface area contributed by atoms with E-state index < -0.39 is 5.41 Å². The summed E-state index contributed by atoms with van der Waals surface area (Å²) in [7, 11) is 0. The zero-order valence-corrected chi connectivity index (χ0v) is 25.9. The van der Waals surface area contributed by atoms with Crippen LogP contribution in [0.15, 0.2) is 144 Å². The summed E-state index contributed by atoms with van der Waals surface area (Å²) >= 11 is 0. The number of fused-ring (bicyclic) bond motifs is 4. The largest absolute Gasteiger partial charge is 0.455 e. The van der Waals surface area contributed by atoms with Crippen LogP contribution in [0.1, 0.15) is 65.7 Å². The molecule has 1 aromatic heterocycles. The van der Waals surface area contributed by atoms with Crippen molar-refractivity contribution in [3.05, 3.63) is 174 Å². The average Bonchev–Trinajstić information content (AvgIpc) is 3.61. The van der Waals surface area contributed by atoms with Crippen LogP contribution in [0.3, 0.4) is 0 Å². The molecule has 2 aliphatic carbocycles. The number of furan rings is 1. The van der Waals surface area contributed by atoms with Crippen LogP contribution < -0.4 is 0 Å². The number of benzene rings is 5. The van der Waals surface area contributed by atoms with Crippen molar-refractivity contribution < 1.29 is 4.42 Å². The first kappa shape index (κ1) is 27.7. The van der Waals surface area contributed by atoms with Gasteiger partial charge in [0.25, 0.3) is 0 Å². The van der Waals surface area contributed by atoms with E-state index in [1.807, 2.05) is 6.08 Å². The van der Waals surface area contributed by atoms with E-state index in [4.69, 9.17) is 4.42 Å². The quantitative estimate of drug-likeness (QED) is 0.178. The molecular formula is C44H38O. The second-order valence-electron chi connectivity index (χ2n) is 12.7. The highest BCUT2D eigenvalue weighted by Crippen LogP contribution is 2.56. The van der Waals surface area contributed by atoms with Crippen LogP contribution >= 0.6 is 0 Å². The summed E-state index contributed by atoms with van der Waals surface area (Å²) in [6.07, 6.45) is 10.5. The maximum Gasteiger partial charge on any atom is 0.142 e. The van der Waals surface area contributed by atoms with Crippen molar-refractivity contribution in [3.8, 4) is 22.3 Å². The lowest BCUT2D eigenvalue weighted by molar-refractivity contribution is 0.422. The summed E-state index contributed by atoms with van der Waals surface area (Å²) in [5.74, 6) is 1.56. The second-order valence-corrected chi connectivity index (χ2v) is 12.7. The van der Waals surface area contributed by atoms with Crippen molar-refractivity contribution in [2.75, 3.05) is 0 Å². The van der Waals surface area contributed by atoms with Crippen LogP contribution in [0.2, 0.25) is 0 Å². The number of rotatable bonds is 6. The molecule has 45 heavy (non-hydrogen) atoms. The monoisotopic (exact) mass is 582 g/mol. The third kappa shape index (κ3) is 4.29. The van der Waals surface area contributed by atoms with E-state index in [0.717, 1.165) is 16.9 Å². The van der Waals surface area contributed by atoms with Gasteiger partial charge in [0, 0.05) is 16.5 Å². The Balaban J connectivity index is 1.27. The average molecular weight is 583 g/mol. The van der Waals surface area contributed by atoms with Crippen molar-refractivity contribution >= 4 is 16.5 Å². The summed E-state index contributed by atoms with van der Waals surface area (Å²) < 4.78 is 6.85. The predicted molar refractivity (Wildman–Crippen MR) is 188 cm³/mol. The lowest BCUT2D eigenvalue weighted by Gasteiger charge is -2.34.